The molecule has 144 valence electrons. The fourth-order valence-corrected chi connectivity index (χ4v) is 4.49. The SMILES string of the molecule is CC(=O)N1[C@@H](C(=O)OCc2ccc(C(C)(C)C)cc2)CS[C@@H]1c1ccco1. The van der Waals surface area contributed by atoms with Crippen LogP contribution in [0, 0.1) is 0 Å². The normalized spacial score (nSPS) is 19.9. The minimum absolute atomic E-state index is 0.0825. The highest BCUT2D eigenvalue weighted by atomic mass is 32.2. The molecule has 0 N–H and O–H groups in total. The van der Waals surface area contributed by atoms with E-state index >= 15 is 0 Å². The Labute approximate surface area is 164 Å². The number of hydrogen-bond acceptors (Lipinski definition) is 5. The van der Waals surface area contributed by atoms with E-state index in [1.165, 1.54) is 24.2 Å². The van der Waals surface area contributed by atoms with Gasteiger partial charge in [-0.15, -0.1) is 11.8 Å². The molecule has 0 saturated carbocycles. The van der Waals surface area contributed by atoms with Crippen LogP contribution in [0.2, 0.25) is 0 Å². The number of hydrogen-bond donors (Lipinski definition) is 0. The Bertz CT molecular complexity index is 793. The molecule has 0 spiro atoms. The highest BCUT2D eigenvalue weighted by molar-refractivity contribution is 7.99. The van der Waals surface area contributed by atoms with E-state index in [2.05, 4.69) is 32.9 Å². The maximum Gasteiger partial charge on any atom is 0.330 e. The predicted molar refractivity (Wildman–Crippen MR) is 105 cm³/mol. The zero-order chi connectivity index (χ0) is 19.6. The molecule has 1 aromatic carbocycles. The van der Waals surface area contributed by atoms with E-state index in [9.17, 15) is 9.59 Å². The number of carbonyl (C=O) groups is 2. The van der Waals surface area contributed by atoms with Crippen molar-refractivity contribution in [2.45, 2.75) is 51.1 Å². The van der Waals surface area contributed by atoms with E-state index < -0.39 is 6.04 Å². The van der Waals surface area contributed by atoms with Gasteiger partial charge < -0.3 is 14.1 Å². The van der Waals surface area contributed by atoms with Gasteiger partial charge in [0.2, 0.25) is 5.91 Å². The van der Waals surface area contributed by atoms with Crippen LogP contribution in [0.3, 0.4) is 0 Å². The lowest BCUT2D eigenvalue weighted by Crippen LogP contribution is -2.42. The molecule has 0 unspecified atom stereocenters. The van der Waals surface area contributed by atoms with Crippen molar-refractivity contribution in [2.24, 2.45) is 0 Å². The smallest absolute Gasteiger partial charge is 0.330 e. The van der Waals surface area contributed by atoms with Gasteiger partial charge in [-0.05, 0) is 28.7 Å². The first kappa shape index (κ1) is 19.5. The third-order valence-electron chi connectivity index (χ3n) is 4.62. The molecule has 5 nitrogen and oxygen atoms in total. The van der Waals surface area contributed by atoms with Crippen LogP contribution in [0.1, 0.15) is 50.0 Å². The van der Waals surface area contributed by atoms with Crippen molar-refractivity contribution in [3.05, 3.63) is 59.5 Å². The summed E-state index contributed by atoms with van der Waals surface area (Å²) in [6.07, 6.45) is 1.57. The van der Waals surface area contributed by atoms with E-state index in [1.807, 2.05) is 18.2 Å². The number of esters is 1. The average molecular weight is 388 g/mol. The molecule has 1 aliphatic rings. The molecule has 1 aliphatic heterocycles. The second-order valence-electron chi connectivity index (χ2n) is 7.70. The van der Waals surface area contributed by atoms with E-state index in [0.717, 1.165) is 5.56 Å². The molecular weight excluding hydrogens is 362 g/mol. The Morgan fingerprint density at radius 1 is 1.22 bits per heavy atom. The third kappa shape index (κ3) is 4.38. The molecule has 2 aromatic rings. The second-order valence-corrected chi connectivity index (χ2v) is 8.81. The van der Waals surface area contributed by atoms with Gasteiger partial charge in [0.15, 0.2) is 0 Å². The molecule has 3 rings (SSSR count). The number of rotatable bonds is 4. The molecule has 0 aliphatic carbocycles. The summed E-state index contributed by atoms with van der Waals surface area (Å²) in [4.78, 5) is 26.3. The van der Waals surface area contributed by atoms with Gasteiger partial charge in [-0.3, -0.25) is 4.79 Å². The van der Waals surface area contributed by atoms with Gasteiger partial charge >= 0.3 is 5.97 Å². The second kappa shape index (κ2) is 7.80. The Morgan fingerprint density at radius 2 is 1.93 bits per heavy atom. The highest BCUT2D eigenvalue weighted by Gasteiger charge is 2.43. The standard InChI is InChI=1S/C21H25NO4S/c1-14(23)22-17(13-27-19(22)18-6-5-11-25-18)20(24)26-12-15-7-9-16(10-8-15)21(2,3)4/h5-11,17,19H,12-13H2,1-4H3/t17-,19-/m1/s1. The first-order chi connectivity index (χ1) is 12.8. The van der Waals surface area contributed by atoms with Crippen LogP contribution in [0.25, 0.3) is 0 Å². The molecule has 6 heteroatoms. The number of carbonyl (C=O) groups excluding carboxylic acids is 2. The minimum Gasteiger partial charge on any atom is -0.466 e. The van der Waals surface area contributed by atoms with Crippen LogP contribution in [-0.4, -0.2) is 28.6 Å². The molecule has 2 heterocycles. The lowest BCUT2D eigenvalue weighted by molar-refractivity contribution is -0.154. The van der Waals surface area contributed by atoms with Gasteiger partial charge in [0.05, 0.1) is 6.26 Å². The van der Waals surface area contributed by atoms with Gasteiger partial charge in [0, 0.05) is 12.7 Å². The fraction of sp³-hybridized carbons (Fsp3) is 0.429. The van der Waals surface area contributed by atoms with E-state index in [4.69, 9.17) is 9.15 Å². The van der Waals surface area contributed by atoms with Crippen molar-refractivity contribution >= 4 is 23.6 Å². The van der Waals surface area contributed by atoms with Crippen LogP contribution >= 0.6 is 11.8 Å². The zero-order valence-corrected chi connectivity index (χ0v) is 16.9. The summed E-state index contributed by atoms with van der Waals surface area (Å²) in [5.41, 5.74) is 2.24. The Balaban J connectivity index is 1.64. The molecule has 0 radical (unpaired) electrons. The summed E-state index contributed by atoms with van der Waals surface area (Å²) >= 11 is 1.51. The van der Waals surface area contributed by atoms with Crippen LogP contribution < -0.4 is 0 Å². The number of benzene rings is 1. The van der Waals surface area contributed by atoms with Crippen molar-refractivity contribution in [3.63, 3.8) is 0 Å². The molecule has 0 bridgehead atoms. The van der Waals surface area contributed by atoms with Crippen molar-refractivity contribution in [1.82, 2.24) is 4.90 Å². The highest BCUT2D eigenvalue weighted by Crippen LogP contribution is 2.41. The lowest BCUT2D eigenvalue weighted by Gasteiger charge is -2.25. The van der Waals surface area contributed by atoms with E-state index in [1.54, 1.807) is 17.2 Å². The van der Waals surface area contributed by atoms with Crippen LogP contribution in [-0.2, 0) is 26.3 Å². The molecule has 27 heavy (non-hydrogen) atoms. The molecule has 1 aromatic heterocycles. The number of amides is 1. The number of thioether (sulfide) groups is 1. The third-order valence-corrected chi connectivity index (χ3v) is 5.91. The van der Waals surface area contributed by atoms with Crippen molar-refractivity contribution < 1.29 is 18.7 Å². The van der Waals surface area contributed by atoms with Gasteiger partial charge in [-0.1, -0.05) is 45.0 Å². The number of furan rings is 1. The maximum atomic E-state index is 12.6. The predicted octanol–water partition coefficient (Wildman–Crippen LogP) is 4.28. The monoisotopic (exact) mass is 387 g/mol. The summed E-state index contributed by atoms with van der Waals surface area (Å²) in [5, 5.41) is -0.291. The molecule has 2 atom stereocenters. The fourth-order valence-electron chi connectivity index (χ4n) is 3.08. The summed E-state index contributed by atoms with van der Waals surface area (Å²) in [5.74, 6) is 0.611. The van der Waals surface area contributed by atoms with Gasteiger partial charge in [-0.2, -0.15) is 0 Å². The molecule has 1 amide bonds. The van der Waals surface area contributed by atoms with Crippen LogP contribution in [0.15, 0.2) is 47.1 Å². The molecular formula is C21H25NO4S. The van der Waals surface area contributed by atoms with Crippen molar-refractivity contribution in [2.75, 3.05) is 5.75 Å². The van der Waals surface area contributed by atoms with Gasteiger partial charge in [-0.25, -0.2) is 4.79 Å². The summed E-state index contributed by atoms with van der Waals surface area (Å²) in [6, 6.07) is 11.1. The number of nitrogens with zero attached hydrogens (tertiary/aromatic N) is 1. The van der Waals surface area contributed by atoms with Crippen molar-refractivity contribution in [3.8, 4) is 0 Å². The Kier molecular flexibility index (Phi) is 5.65. The van der Waals surface area contributed by atoms with Gasteiger partial charge in [0.25, 0.3) is 0 Å². The first-order valence-electron chi connectivity index (χ1n) is 8.97. The minimum atomic E-state index is -0.601. The summed E-state index contributed by atoms with van der Waals surface area (Å²) in [6.45, 7) is 8.14. The molecule has 1 fully saturated rings. The van der Waals surface area contributed by atoms with E-state index in [-0.39, 0.29) is 29.3 Å². The first-order valence-corrected chi connectivity index (χ1v) is 10.0. The Morgan fingerprint density at radius 3 is 2.48 bits per heavy atom. The quantitative estimate of drug-likeness (QED) is 0.733. The topological polar surface area (TPSA) is 59.8 Å². The molecule has 1 saturated heterocycles. The average Bonchev–Trinajstić information content (AvgIpc) is 3.28. The maximum absolute atomic E-state index is 12.6. The van der Waals surface area contributed by atoms with Crippen LogP contribution in [0.5, 0.6) is 0 Å². The van der Waals surface area contributed by atoms with Crippen molar-refractivity contribution in [1.29, 1.82) is 0 Å². The summed E-state index contributed by atoms with van der Waals surface area (Å²) < 4.78 is 10.9. The van der Waals surface area contributed by atoms with Gasteiger partial charge in [0.1, 0.15) is 23.8 Å². The number of ether oxygens (including phenoxy) is 1. The van der Waals surface area contributed by atoms with Crippen LogP contribution in [0.4, 0.5) is 0 Å². The summed E-state index contributed by atoms with van der Waals surface area (Å²) in [7, 11) is 0. The lowest BCUT2D eigenvalue weighted by atomic mass is 9.87. The van der Waals surface area contributed by atoms with E-state index in [0.29, 0.717) is 11.5 Å². The largest absolute Gasteiger partial charge is 0.466 e. The Hall–Kier alpha value is -2.21. The zero-order valence-electron chi connectivity index (χ0n) is 16.1.